The molecule has 0 radical (unpaired) electrons. The van der Waals surface area contributed by atoms with E-state index in [-0.39, 0.29) is 11.7 Å². The van der Waals surface area contributed by atoms with E-state index in [1.54, 1.807) is 12.1 Å². The fraction of sp³-hybridized carbons (Fsp3) is 0.350. The van der Waals surface area contributed by atoms with Crippen LogP contribution in [0.25, 0.3) is 0 Å². The normalized spacial score (nSPS) is 17.0. The van der Waals surface area contributed by atoms with Crippen molar-refractivity contribution >= 4 is 23.2 Å². The number of amides is 1. The van der Waals surface area contributed by atoms with Gasteiger partial charge in [-0.05, 0) is 29.8 Å². The van der Waals surface area contributed by atoms with Crippen LogP contribution in [0.3, 0.4) is 0 Å². The number of rotatable bonds is 4. The highest BCUT2D eigenvalue weighted by molar-refractivity contribution is 6.30. The Morgan fingerprint density at radius 2 is 1.81 bits per heavy atom. The monoisotopic (exact) mass is 389 g/mol. The first-order valence-electron chi connectivity index (χ1n) is 9.00. The minimum absolute atomic E-state index is 0.0998. The van der Waals surface area contributed by atoms with Gasteiger partial charge in [0.2, 0.25) is 5.91 Å². The summed E-state index contributed by atoms with van der Waals surface area (Å²) in [6.45, 7) is 4.46. The van der Waals surface area contributed by atoms with Crippen LogP contribution in [0.1, 0.15) is 5.56 Å². The summed E-state index contributed by atoms with van der Waals surface area (Å²) >= 11 is 5.98. The van der Waals surface area contributed by atoms with Gasteiger partial charge in [-0.3, -0.25) is 9.69 Å². The molecule has 7 heteroatoms. The first-order valence-corrected chi connectivity index (χ1v) is 9.38. The Kier molecular flexibility index (Phi) is 5.18. The Morgan fingerprint density at radius 1 is 1.07 bits per heavy atom. The molecule has 0 aliphatic carbocycles. The summed E-state index contributed by atoms with van der Waals surface area (Å²) < 4.78 is 18.6. The molecule has 2 aliphatic rings. The third-order valence-corrected chi connectivity index (χ3v) is 5.24. The third kappa shape index (κ3) is 4.17. The number of hydrogen-bond acceptors (Lipinski definition) is 4. The van der Waals surface area contributed by atoms with Gasteiger partial charge < -0.3 is 14.5 Å². The van der Waals surface area contributed by atoms with Gasteiger partial charge in [-0.1, -0.05) is 23.7 Å². The number of carbonyl (C=O) groups is 1. The lowest BCUT2D eigenvalue weighted by atomic mass is 10.2. The fourth-order valence-electron chi connectivity index (χ4n) is 3.48. The summed E-state index contributed by atoms with van der Waals surface area (Å²) in [4.78, 5) is 18.8. The van der Waals surface area contributed by atoms with E-state index in [0.29, 0.717) is 31.4 Å². The lowest BCUT2D eigenvalue weighted by Crippen LogP contribution is -2.50. The van der Waals surface area contributed by atoms with Crippen LogP contribution in [0.4, 0.5) is 10.1 Å². The average Bonchev–Trinajstić information content (AvgIpc) is 3.06. The summed E-state index contributed by atoms with van der Waals surface area (Å²) in [6, 6.07) is 12.1. The van der Waals surface area contributed by atoms with Gasteiger partial charge in [0.1, 0.15) is 18.1 Å². The number of carbonyl (C=O) groups excluding carboxylic acids is 1. The van der Waals surface area contributed by atoms with E-state index in [2.05, 4.69) is 4.90 Å². The zero-order chi connectivity index (χ0) is 18.8. The van der Waals surface area contributed by atoms with Crippen molar-refractivity contribution in [2.45, 2.75) is 6.54 Å². The van der Waals surface area contributed by atoms with Gasteiger partial charge >= 0.3 is 0 Å². The summed E-state index contributed by atoms with van der Waals surface area (Å²) in [6.07, 6.45) is 0. The third-order valence-electron chi connectivity index (χ3n) is 5.01. The second-order valence-corrected chi connectivity index (χ2v) is 7.30. The molecule has 0 aromatic heterocycles. The molecule has 27 heavy (non-hydrogen) atoms. The molecular formula is C20H21ClFN3O2. The molecular weight excluding hydrogens is 369 g/mol. The minimum atomic E-state index is -0.219. The standard InChI is InChI=1S/C20H21ClFN3O2/c21-16-3-6-18-19(11-16)27-14-25(18)13-20(26)24-9-7-23(8-10-24)12-15-1-4-17(22)5-2-15/h1-6,11H,7-10,12-14H2. The van der Waals surface area contributed by atoms with E-state index < -0.39 is 0 Å². The van der Waals surface area contributed by atoms with E-state index in [1.165, 1.54) is 12.1 Å². The van der Waals surface area contributed by atoms with Gasteiger partial charge in [0.25, 0.3) is 0 Å². The topological polar surface area (TPSA) is 36.0 Å². The lowest BCUT2D eigenvalue weighted by molar-refractivity contribution is -0.131. The number of piperazine rings is 1. The van der Waals surface area contributed by atoms with E-state index in [0.717, 1.165) is 36.6 Å². The number of benzene rings is 2. The summed E-state index contributed by atoms with van der Waals surface area (Å²) in [5, 5.41) is 0.624. The molecule has 2 aromatic rings. The SMILES string of the molecule is O=C(CN1COc2cc(Cl)ccc21)N1CCN(Cc2ccc(F)cc2)CC1. The van der Waals surface area contributed by atoms with Crippen LogP contribution in [0.5, 0.6) is 5.75 Å². The smallest absolute Gasteiger partial charge is 0.242 e. The summed E-state index contributed by atoms with van der Waals surface area (Å²) in [5.41, 5.74) is 1.99. The molecule has 0 spiro atoms. The molecule has 4 rings (SSSR count). The molecule has 0 atom stereocenters. The number of fused-ring (bicyclic) bond motifs is 1. The Hall–Kier alpha value is -2.31. The van der Waals surface area contributed by atoms with Crippen molar-refractivity contribution in [2.24, 2.45) is 0 Å². The molecule has 0 saturated carbocycles. The van der Waals surface area contributed by atoms with E-state index in [1.807, 2.05) is 28.0 Å². The van der Waals surface area contributed by atoms with E-state index >= 15 is 0 Å². The van der Waals surface area contributed by atoms with Crippen LogP contribution < -0.4 is 9.64 Å². The maximum Gasteiger partial charge on any atom is 0.242 e. The number of hydrogen-bond donors (Lipinski definition) is 0. The van der Waals surface area contributed by atoms with E-state index in [4.69, 9.17) is 16.3 Å². The molecule has 1 amide bonds. The van der Waals surface area contributed by atoms with Gasteiger partial charge in [0.05, 0.1) is 5.69 Å². The predicted octanol–water partition coefficient (Wildman–Crippen LogP) is 2.98. The van der Waals surface area contributed by atoms with Crippen molar-refractivity contribution in [2.75, 3.05) is 44.4 Å². The molecule has 142 valence electrons. The fourth-order valence-corrected chi connectivity index (χ4v) is 3.64. The van der Waals surface area contributed by atoms with Crippen molar-refractivity contribution in [1.82, 2.24) is 9.80 Å². The highest BCUT2D eigenvalue weighted by atomic mass is 35.5. The summed E-state index contributed by atoms with van der Waals surface area (Å²) in [7, 11) is 0. The molecule has 5 nitrogen and oxygen atoms in total. The predicted molar refractivity (Wildman–Crippen MR) is 103 cm³/mol. The largest absolute Gasteiger partial charge is 0.471 e. The van der Waals surface area contributed by atoms with E-state index in [9.17, 15) is 9.18 Å². The van der Waals surface area contributed by atoms with Crippen molar-refractivity contribution in [3.8, 4) is 5.75 Å². The van der Waals surface area contributed by atoms with Crippen LogP contribution in [-0.2, 0) is 11.3 Å². The van der Waals surface area contributed by atoms with Crippen molar-refractivity contribution < 1.29 is 13.9 Å². The van der Waals surface area contributed by atoms with Crippen molar-refractivity contribution in [3.05, 3.63) is 58.9 Å². The highest BCUT2D eigenvalue weighted by Crippen LogP contribution is 2.35. The Bertz CT molecular complexity index is 822. The molecule has 1 fully saturated rings. The lowest BCUT2D eigenvalue weighted by Gasteiger charge is -2.35. The first-order chi connectivity index (χ1) is 13.1. The molecule has 2 heterocycles. The first kappa shape index (κ1) is 18.1. The van der Waals surface area contributed by atoms with Crippen LogP contribution >= 0.6 is 11.6 Å². The highest BCUT2D eigenvalue weighted by Gasteiger charge is 2.27. The van der Waals surface area contributed by atoms with Crippen LogP contribution in [0, 0.1) is 5.82 Å². The number of nitrogens with zero attached hydrogens (tertiary/aromatic N) is 3. The quantitative estimate of drug-likeness (QED) is 0.805. The van der Waals surface area contributed by atoms with Gasteiger partial charge in [-0.2, -0.15) is 0 Å². The number of anilines is 1. The van der Waals surface area contributed by atoms with Crippen LogP contribution in [0.2, 0.25) is 5.02 Å². The molecule has 0 unspecified atom stereocenters. The molecule has 1 saturated heterocycles. The minimum Gasteiger partial charge on any atom is -0.471 e. The Balaban J connectivity index is 1.29. The average molecular weight is 390 g/mol. The van der Waals surface area contributed by atoms with Crippen molar-refractivity contribution in [3.63, 3.8) is 0 Å². The Morgan fingerprint density at radius 3 is 2.56 bits per heavy atom. The zero-order valence-corrected chi connectivity index (χ0v) is 15.7. The summed E-state index contributed by atoms with van der Waals surface area (Å²) in [5.74, 6) is 0.603. The number of ether oxygens (including phenoxy) is 1. The van der Waals surface area contributed by atoms with Gasteiger partial charge in [-0.25, -0.2) is 4.39 Å². The molecule has 0 N–H and O–H groups in total. The maximum atomic E-state index is 13.0. The van der Waals surface area contributed by atoms with Crippen molar-refractivity contribution in [1.29, 1.82) is 0 Å². The van der Waals surface area contributed by atoms with Crippen LogP contribution in [0.15, 0.2) is 42.5 Å². The number of halogens is 2. The molecule has 2 aromatic carbocycles. The second kappa shape index (κ2) is 7.74. The van der Waals surface area contributed by atoms with Gasteiger partial charge in [-0.15, -0.1) is 0 Å². The van der Waals surface area contributed by atoms with Crippen LogP contribution in [-0.4, -0.2) is 55.2 Å². The molecule has 2 aliphatic heterocycles. The van der Waals surface area contributed by atoms with Gasteiger partial charge in [0, 0.05) is 43.8 Å². The maximum absolute atomic E-state index is 13.0. The zero-order valence-electron chi connectivity index (χ0n) is 14.9. The Labute approximate surface area is 162 Å². The second-order valence-electron chi connectivity index (χ2n) is 6.87. The molecule has 0 bridgehead atoms. The van der Waals surface area contributed by atoms with Gasteiger partial charge in [0.15, 0.2) is 6.73 Å².